The summed E-state index contributed by atoms with van der Waals surface area (Å²) in [6.45, 7) is 1.87. The minimum absolute atomic E-state index is 0.122. The molecule has 0 unspecified atom stereocenters. The van der Waals surface area contributed by atoms with Crippen LogP contribution in [0.4, 0.5) is 11.4 Å². The molecule has 1 saturated heterocycles. The number of fused-ring (bicyclic) bond motifs is 1. The summed E-state index contributed by atoms with van der Waals surface area (Å²) in [6.07, 6.45) is 0. The second-order valence-corrected chi connectivity index (χ2v) is 9.78. The molecular weight excluding hydrogens is 574 g/mol. The van der Waals surface area contributed by atoms with Gasteiger partial charge in [-0.15, -0.1) is 0 Å². The van der Waals surface area contributed by atoms with Crippen LogP contribution in [0.5, 0.6) is 17.2 Å². The first-order chi connectivity index (χ1) is 18.6. The lowest BCUT2D eigenvalue weighted by molar-refractivity contribution is -0.385. The summed E-state index contributed by atoms with van der Waals surface area (Å²) >= 11 is 3.46. The van der Waals surface area contributed by atoms with Crippen molar-refractivity contribution in [2.45, 2.75) is 19.0 Å². The molecule has 2 heterocycles. The maximum atomic E-state index is 13.8. The van der Waals surface area contributed by atoms with Crippen molar-refractivity contribution < 1.29 is 33.5 Å². The number of carbonyl (C=O) groups excluding carboxylic acids is 3. The minimum Gasteiger partial charge on any atom is -0.493 e. The van der Waals surface area contributed by atoms with Gasteiger partial charge < -0.3 is 19.1 Å². The number of amides is 3. The van der Waals surface area contributed by atoms with Crippen LogP contribution in [0.25, 0.3) is 0 Å². The van der Waals surface area contributed by atoms with Crippen LogP contribution in [-0.4, -0.2) is 54.9 Å². The summed E-state index contributed by atoms with van der Waals surface area (Å²) in [5.41, 5.74) is 0.957. The molecule has 200 valence electrons. The van der Waals surface area contributed by atoms with E-state index in [2.05, 4.69) is 15.9 Å². The molecule has 2 aliphatic rings. The summed E-state index contributed by atoms with van der Waals surface area (Å²) in [7, 11) is 4.35. The molecule has 2 atom stereocenters. The average Bonchev–Trinajstić information content (AvgIpc) is 3.17. The lowest BCUT2D eigenvalue weighted by atomic mass is 9.85. The number of nitrogens with zero attached hydrogens (tertiary/aromatic N) is 3. The largest absolute Gasteiger partial charge is 0.493 e. The first-order valence-corrected chi connectivity index (χ1v) is 12.5. The molecule has 0 N–H and O–H groups in total. The van der Waals surface area contributed by atoms with Crippen LogP contribution in [-0.2, 0) is 4.79 Å². The number of ether oxygens (including phenoxy) is 3. The molecule has 12 heteroatoms. The molecule has 2 aliphatic heterocycles. The third-order valence-corrected chi connectivity index (χ3v) is 7.80. The van der Waals surface area contributed by atoms with Gasteiger partial charge >= 0.3 is 0 Å². The number of rotatable bonds is 7. The third-order valence-electron chi connectivity index (χ3n) is 6.92. The van der Waals surface area contributed by atoms with Gasteiger partial charge in [-0.1, -0.05) is 22.0 Å². The Kier molecular flexibility index (Phi) is 6.51. The van der Waals surface area contributed by atoms with Crippen molar-refractivity contribution in [3.05, 3.63) is 85.4 Å². The number of hydrogen-bond donors (Lipinski definition) is 0. The normalized spacial score (nSPS) is 18.1. The highest BCUT2D eigenvalue weighted by Gasteiger charge is 2.58. The van der Waals surface area contributed by atoms with Crippen LogP contribution >= 0.6 is 15.9 Å². The highest BCUT2D eigenvalue weighted by Crippen LogP contribution is 2.49. The van der Waals surface area contributed by atoms with E-state index < -0.39 is 40.4 Å². The maximum absolute atomic E-state index is 13.8. The number of benzene rings is 3. The monoisotopic (exact) mass is 595 g/mol. The van der Waals surface area contributed by atoms with E-state index in [9.17, 15) is 24.5 Å². The molecule has 3 amide bonds. The summed E-state index contributed by atoms with van der Waals surface area (Å²) in [5, 5.41) is 11.6. The van der Waals surface area contributed by atoms with Crippen molar-refractivity contribution in [1.82, 2.24) is 4.90 Å². The van der Waals surface area contributed by atoms with Gasteiger partial charge in [0.15, 0.2) is 11.5 Å². The number of halogens is 1. The van der Waals surface area contributed by atoms with Gasteiger partial charge in [0.25, 0.3) is 23.4 Å². The zero-order valence-electron chi connectivity index (χ0n) is 21.3. The maximum Gasteiger partial charge on any atom is 0.282 e. The van der Waals surface area contributed by atoms with Gasteiger partial charge in [0.05, 0.1) is 37.9 Å². The predicted molar refractivity (Wildman–Crippen MR) is 143 cm³/mol. The van der Waals surface area contributed by atoms with E-state index in [4.69, 9.17) is 14.2 Å². The van der Waals surface area contributed by atoms with Crippen LogP contribution < -0.4 is 19.1 Å². The van der Waals surface area contributed by atoms with Crippen LogP contribution in [0.3, 0.4) is 0 Å². The second-order valence-electron chi connectivity index (χ2n) is 8.93. The fourth-order valence-corrected chi connectivity index (χ4v) is 5.33. The number of nitro benzene ring substituents is 1. The molecular formula is C27H22BrN3O8. The molecule has 0 bridgehead atoms. The number of nitro groups is 1. The Hall–Kier alpha value is -4.45. The zero-order chi connectivity index (χ0) is 28.2. The van der Waals surface area contributed by atoms with Crippen molar-refractivity contribution in [2.75, 3.05) is 26.2 Å². The Bertz CT molecular complexity index is 1550. The lowest BCUT2D eigenvalue weighted by Gasteiger charge is -2.50. The van der Waals surface area contributed by atoms with Gasteiger partial charge in [-0.25, -0.2) is 0 Å². The molecule has 5 rings (SSSR count). The molecule has 1 fully saturated rings. The number of methoxy groups -OCH3 is 3. The average molecular weight is 596 g/mol. The Morgan fingerprint density at radius 1 is 0.872 bits per heavy atom. The summed E-state index contributed by atoms with van der Waals surface area (Å²) in [6, 6.07) is 10.3. The van der Waals surface area contributed by atoms with E-state index >= 15 is 0 Å². The molecule has 0 aliphatic carbocycles. The number of β-lactam (4-membered cyclic amide) rings is 1. The number of carbonyl (C=O) groups is 3. The molecule has 3 aromatic carbocycles. The summed E-state index contributed by atoms with van der Waals surface area (Å²) < 4.78 is 17.3. The number of anilines is 1. The van der Waals surface area contributed by atoms with Crippen LogP contribution in [0.2, 0.25) is 0 Å². The summed E-state index contributed by atoms with van der Waals surface area (Å²) in [4.78, 5) is 54.0. The van der Waals surface area contributed by atoms with E-state index in [0.717, 1.165) is 21.0 Å². The van der Waals surface area contributed by atoms with Crippen molar-refractivity contribution in [2.24, 2.45) is 0 Å². The van der Waals surface area contributed by atoms with Crippen molar-refractivity contribution in [3.63, 3.8) is 0 Å². The van der Waals surface area contributed by atoms with E-state index in [1.54, 1.807) is 30.3 Å². The molecule has 3 aromatic rings. The minimum atomic E-state index is -1.27. The predicted octanol–water partition coefficient (Wildman–Crippen LogP) is 4.44. The van der Waals surface area contributed by atoms with Crippen LogP contribution in [0, 0.1) is 17.0 Å². The molecule has 0 radical (unpaired) electrons. The van der Waals surface area contributed by atoms with Gasteiger partial charge in [-0.05, 0) is 54.4 Å². The number of imide groups is 1. The van der Waals surface area contributed by atoms with Crippen molar-refractivity contribution >= 4 is 45.0 Å². The second kappa shape index (κ2) is 9.70. The van der Waals surface area contributed by atoms with Gasteiger partial charge in [-0.2, -0.15) is 0 Å². The highest BCUT2D eigenvalue weighted by atomic mass is 79.9. The van der Waals surface area contributed by atoms with Crippen molar-refractivity contribution in [3.8, 4) is 17.2 Å². The number of hydrogen-bond acceptors (Lipinski definition) is 8. The van der Waals surface area contributed by atoms with E-state index in [1.807, 2.05) is 6.92 Å². The third kappa shape index (κ3) is 3.90. The SMILES string of the molecule is COc1cc([C@H]2[C@@H](N3C(=O)c4cccc([N+](=O)[O-])c4C3=O)C(=O)N2c2ccc(Br)c(C)c2)cc(OC)c1OC. The lowest BCUT2D eigenvalue weighted by Crippen LogP contribution is -2.67. The van der Waals surface area contributed by atoms with E-state index in [-0.39, 0.29) is 11.1 Å². The smallest absolute Gasteiger partial charge is 0.282 e. The van der Waals surface area contributed by atoms with E-state index in [1.165, 1.54) is 38.4 Å². The standard InChI is InChI=1S/C27H22BrN3O8/c1-13-10-15(8-9-17(13)28)29-22(14-11-19(37-2)24(39-4)20(12-14)38-3)23(27(29)34)30-25(32)16-6-5-7-18(31(35)36)21(16)26(30)33/h5-12,22-23H,1-4H3/t22-,23+/m0/s1. The quantitative estimate of drug-likeness (QED) is 0.170. The highest BCUT2D eigenvalue weighted by molar-refractivity contribution is 9.10. The molecule has 0 aromatic heterocycles. The zero-order valence-corrected chi connectivity index (χ0v) is 22.8. The first-order valence-electron chi connectivity index (χ1n) is 11.7. The Balaban J connectivity index is 1.67. The van der Waals surface area contributed by atoms with Gasteiger partial charge in [0.2, 0.25) is 5.75 Å². The Morgan fingerprint density at radius 3 is 2.10 bits per heavy atom. The molecule has 0 spiro atoms. The first kappa shape index (κ1) is 26.2. The van der Waals surface area contributed by atoms with E-state index in [0.29, 0.717) is 28.5 Å². The summed E-state index contributed by atoms with van der Waals surface area (Å²) in [5.74, 6) is -1.24. The molecule has 11 nitrogen and oxygen atoms in total. The van der Waals surface area contributed by atoms with Gasteiger partial charge in [-0.3, -0.25) is 29.4 Å². The number of aryl methyl sites for hydroxylation is 1. The molecule has 0 saturated carbocycles. The molecule has 39 heavy (non-hydrogen) atoms. The topological polar surface area (TPSA) is 129 Å². The van der Waals surface area contributed by atoms with Gasteiger partial charge in [0, 0.05) is 16.2 Å². The van der Waals surface area contributed by atoms with Crippen molar-refractivity contribution in [1.29, 1.82) is 0 Å². The Morgan fingerprint density at radius 2 is 1.54 bits per heavy atom. The van der Waals surface area contributed by atoms with Crippen LogP contribution in [0.1, 0.15) is 37.9 Å². The Labute approximate surface area is 231 Å². The fraction of sp³-hybridized carbons (Fsp3) is 0.222. The van der Waals surface area contributed by atoms with Crippen LogP contribution in [0.15, 0.2) is 53.0 Å². The van der Waals surface area contributed by atoms with Gasteiger partial charge in [0.1, 0.15) is 11.6 Å². The fourth-order valence-electron chi connectivity index (χ4n) is 5.09.